The molecule has 1 amide bonds. The van der Waals surface area contributed by atoms with Gasteiger partial charge in [0.25, 0.3) is 0 Å². The van der Waals surface area contributed by atoms with E-state index in [1.807, 2.05) is 50.2 Å². The number of methoxy groups -OCH3 is 1. The van der Waals surface area contributed by atoms with Crippen LogP contribution in [0.4, 0.5) is 5.69 Å². The molecule has 0 radical (unpaired) electrons. The lowest BCUT2D eigenvalue weighted by molar-refractivity contribution is 0.0699. The number of hydrogen-bond acceptors (Lipinski definition) is 5. The molecule has 0 atom stereocenters. The van der Waals surface area contributed by atoms with E-state index in [1.165, 1.54) is 0 Å². The molecule has 0 saturated carbocycles. The highest BCUT2D eigenvalue weighted by atomic mass is 127. The van der Waals surface area contributed by atoms with Crippen molar-refractivity contribution < 1.29 is 19.0 Å². The van der Waals surface area contributed by atoms with E-state index in [0.717, 1.165) is 23.4 Å². The predicted octanol–water partition coefficient (Wildman–Crippen LogP) is 3.80. The molecule has 33 heavy (non-hydrogen) atoms. The highest BCUT2D eigenvalue weighted by molar-refractivity contribution is 14.0. The first-order valence-electron chi connectivity index (χ1n) is 10.8. The van der Waals surface area contributed by atoms with Crippen molar-refractivity contribution in [1.82, 2.24) is 5.32 Å². The second-order valence-corrected chi connectivity index (χ2v) is 7.43. The Hall–Kier alpha value is -2.37. The summed E-state index contributed by atoms with van der Waals surface area (Å²) in [6.45, 7) is 6.96. The Kier molecular flexibility index (Phi) is 14.1. The van der Waals surface area contributed by atoms with Gasteiger partial charge in [-0.15, -0.1) is 24.0 Å². The molecule has 0 aliphatic rings. The second kappa shape index (κ2) is 16.3. The van der Waals surface area contributed by atoms with Gasteiger partial charge in [-0.3, -0.25) is 4.79 Å². The number of carbonyl (C=O) groups excluding carboxylic acids is 1. The monoisotopic (exact) mass is 570 g/mol. The van der Waals surface area contributed by atoms with Gasteiger partial charge in [0.05, 0.1) is 25.9 Å². The summed E-state index contributed by atoms with van der Waals surface area (Å²) >= 11 is 0. The molecule has 0 aromatic heterocycles. The van der Waals surface area contributed by atoms with Crippen LogP contribution >= 0.6 is 24.0 Å². The summed E-state index contributed by atoms with van der Waals surface area (Å²) < 4.78 is 16.2. The average Bonchev–Trinajstić information content (AvgIpc) is 2.77. The molecule has 2 aromatic carbocycles. The Balaban J connectivity index is 0.00000544. The van der Waals surface area contributed by atoms with Crippen molar-refractivity contribution in [3.05, 3.63) is 59.7 Å². The largest absolute Gasteiger partial charge is 0.491 e. The van der Waals surface area contributed by atoms with E-state index < -0.39 is 5.91 Å². The van der Waals surface area contributed by atoms with Gasteiger partial charge in [0.15, 0.2) is 5.96 Å². The molecule has 0 fully saturated rings. The van der Waals surface area contributed by atoms with Crippen LogP contribution in [0, 0.1) is 0 Å². The molecule has 0 bridgehead atoms. The molecule has 0 unspecified atom stereocenters. The first-order valence-corrected chi connectivity index (χ1v) is 10.8. The number of primary amides is 1. The third-order valence-corrected chi connectivity index (χ3v) is 4.34. The van der Waals surface area contributed by atoms with Gasteiger partial charge in [-0.1, -0.05) is 12.1 Å². The van der Waals surface area contributed by atoms with E-state index in [0.29, 0.717) is 44.4 Å². The van der Waals surface area contributed by atoms with Gasteiger partial charge in [-0.25, -0.2) is 4.99 Å². The topological polar surface area (TPSA) is 107 Å². The summed E-state index contributed by atoms with van der Waals surface area (Å²) in [5.74, 6) is 1.03. The highest BCUT2D eigenvalue weighted by Crippen LogP contribution is 2.17. The summed E-state index contributed by atoms with van der Waals surface area (Å²) in [6.07, 6.45) is 0.957. The quantitative estimate of drug-likeness (QED) is 0.146. The SMILES string of the molecule is COCCOCCCNC(=NCc1ccc(C(N)=O)cc1)Nc1ccc(OC(C)C)cc1.I. The first kappa shape index (κ1) is 28.7. The third kappa shape index (κ3) is 11.9. The number of rotatable bonds is 13. The Bertz CT molecular complexity index is 843. The zero-order valence-electron chi connectivity index (χ0n) is 19.5. The van der Waals surface area contributed by atoms with Crippen molar-refractivity contribution in [2.24, 2.45) is 10.7 Å². The van der Waals surface area contributed by atoms with E-state index >= 15 is 0 Å². The number of nitrogens with two attached hydrogens (primary N) is 1. The van der Waals surface area contributed by atoms with Gasteiger partial charge < -0.3 is 30.6 Å². The maximum absolute atomic E-state index is 11.2. The minimum Gasteiger partial charge on any atom is -0.491 e. The van der Waals surface area contributed by atoms with E-state index in [-0.39, 0.29) is 30.1 Å². The summed E-state index contributed by atoms with van der Waals surface area (Å²) in [4.78, 5) is 15.9. The number of hydrogen-bond donors (Lipinski definition) is 3. The molecule has 0 aliphatic carbocycles. The number of anilines is 1. The summed E-state index contributed by atoms with van der Waals surface area (Å²) in [6, 6.07) is 14.9. The van der Waals surface area contributed by atoms with E-state index in [1.54, 1.807) is 19.2 Å². The van der Waals surface area contributed by atoms with E-state index in [2.05, 4.69) is 15.6 Å². The molecular formula is C24H35IN4O4. The van der Waals surface area contributed by atoms with Crippen molar-refractivity contribution in [3.63, 3.8) is 0 Å². The van der Waals surface area contributed by atoms with Crippen LogP contribution < -0.4 is 21.1 Å². The zero-order valence-corrected chi connectivity index (χ0v) is 21.8. The summed E-state index contributed by atoms with van der Waals surface area (Å²) in [7, 11) is 1.66. The fourth-order valence-corrected chi connectivity index (χ4v) is 2.74. The van der Waals surface area contributed by atoms with Crippen LogP contribution in [-0.4, -0.2) is 51.4 Å². The lowest BCUT2D eigenvalue weighted by Crippen LogP contribution is -2.32. The number of carbonyl (C=O) groups is 1. The molecule has 0 spiro atoms. The van der Waals surface area contributed by atoms with Crippen LogP contribution in [0.25, 0.3) is 0 Å². The summed E-state index contributed by atoms with van der Waals surface area (Å²) in [5, 5.41) is 6.65. The molecule has 9 heteroatoms. The van der Waals surface area contributed by atoms with Crippen LogP contribution in [0.5, 0.6) is 5.75 Å². The van der Waals surface area contributed by atoms with Gasteiger partial charge in [-0.05, 0) is 62.2 Å². The van der Waals surface area contributed by atoms with Crippen LogP contribution in [0.1, 0.15) is 36.2 Å². The fraction of sp³-hybridized carbons (Fsp3) is 0.417. The van der Waals surface area contributed by atoms with Gasteiger partial charge in [-0.2, -0.15) is 0 Å². The fourth-order valence-electron chi connectivity index (χ4n) is 2.74. The molecule has 8 nitrogen and oxygen atoms in total. The molecule has 4 N–H and O–H groups in total. The Labute approximate surface area is 213 Å². The van der Waals surface area contributed by atoms with Crippen molar-refractivity contribution in [2.45, 2.75) is 32.9 Å². The van der Waals surface area contributed by atoms with Gasteiger partial charge >= 0.3 is 0 Å². The number of amides is 1. The molecule has 182 valence electrons. The second-order valence-electron chi connectivity index (χ2n) is 7.43. The van der Waals surface area contributed by atoms with E-state index in [4.69, 9.17) is 19.9 Å². The normalized spacial score (nSPS) is 11.1. The zero-order chi connectivity index (χ0) is 23.2. The number of halogens is 1. The van der Waals surface area contributed by atoms with Crippen molar-refractivity contribution in [1.29, 1.82) is 0 Å². The third-order valence-electron chi connectivity index (χ3n) is 4.34. The van der Waals surface area contributed by atoms with Crippen LogP contribution in [-0.2, 0) is 16.0 Å². The van der Waals surface area contributed by atoms with Crippen molar-refractivity contribution >= 4 is 41.5 Å². The highest BCUT2D eigenvalue weighted by Gasteiger charge is 2.04. The molecule has 0 saturated heterocycles. The maximum atomic E-state index is 11.2. The van der Waals surface area contributed by atoms with Crippen molar-refractivity contribution in [2.75, 3.05) is 38.8 Å². The van der Waals surface area contributed by atoms with Crippen molar-refractivity contribution in [3.8, 4) is 5.75 Å². The summed E-state index contributed by atoms with van der Waals surface area (Å²) in [5.41, 5.74) is 7.65. The molecule has 0 heterocycles. The lowest BCUT2D eigenvalue weighted by Gasteiger charge is -2.14. The Morgan fingerprint density at radius 3 is 2.33 bits per heavy atom. The first-order chi connectivity index (χ1) is 15.5. The number of ether oxygens (including phenoxy) is 3. The number of guanidine groups is 1. The molecule has 2 rings (SSSR count). The van der Waals surface area contributed by atoms with Gasteiger partial charge in [0.1, 0.15) is 5.75 Å². The minimum absolute atomic E-state index is 0. The lowest BCUT2D eigenvalue weighted by atomic mass is 10.1. The number of aliphatic imine (C=N–C) groups is 1. The number of benzene rings is 2. The average molecular weight is 570 g/mol. The number of nitrogens with zero attached hydrogens (tertiary/aromatic N) is 1. The standard InChI is InChI=1S/C24H34N4O4.HI/c1-18(2)32-22-11-9-21(10-12-22)28-24(26-13-4-14-31-16-15-30-3)27-17-19-5-7-20(8-6-19)23(25)29;/h5-12,18H,4,13-17H2,1-3H3,(H2,25,29)(H2,26,27,28);1H. The van der Waals surface area contributed by atoms with Crippen LogP contribution in [0.3, 0.4) is 0 Å². The molecule has 0 aliphatic heterocycles. The van der Waals surface area contributed by atoms with Crippen LogP contribution in [0.15, 0.2) is 53.5 Å². The maximum Gasteiger partial charge on any atom is 0.248 e. The smallest absolute Gasteiger partial charge is 0.248 e. The Morgan fingerprint density at radius 2 is 1.73 bits per heavy atom. The molecule has 2 aromatic rings. The number of nitrogens with one attached hydrogen (secondary N) is 2. The minimum atomic E-state index is -0.443. The predicted molar refractivity (Wildman–Crippen MR) is 143 cm³/mol. The van der Waals surface area contributed by atoms with Gasteiger partial charge in [0.2, 0.25) is 5.91 Å². The Morgan fingerprint density at radius 1 is 1.03 bits per heavy atom. The molecular weight excluding hydrogens is 535 g/mol. The van der Waals surface area contributed by atoms with E-state index in [9.17, 15) is 4.79 Å². The van der Waals surface area contributed by atoms with Gasteiger partial charge in [0, 0.05) is 31.5 Å². The van der Waals surface area contributed by atoms with Crippen LogP contribution in [0.2, 0.25) is 0 Å².